The van der Waals surface area contributed by atoms with E-state index < -0.39 is 6.10 Å². The first kappa shape index (κ1) is 19.4. The van der Waals surface area contributed by atoms with Crippen molar-refractivity contribution in [3.8, 4) is 5.75 Å². The second-order valence-electron chi connectivity index (χ2n) is 6.67. The molecule has 0 spiro atoms. The molecule has 0 aromatic heterocycles. The predicted molar refractivity (Wildman–Crippen MR) is 110 cm³/mol. The maximum atomic E-state index is 12.6. The Morgan fingerprint density at radius 3 is 2.70 bits per heavy atom. The van der Waals surface area contributed by atoms with E-state index in [1.54, 1.807) is 36.1 Å². The zero-order valence-corrected chi connectivity index (χ0v) is 17.1. The average Bonchev–Trinajstić information content (AvgIpc) is 2.62. The molecule has 1 heterocycles. The number of benzene rings is 2. The molecule has 27 heavy (non-hydrogen) atoms. The summed E-state index contributed by atoms with van der Waals surface area (Å²) in [7, 11) is 3.92. The Kier molecular flexibility index (Phi) is 5.82. The lowest BCUT2D eigenvalue weighted by atomic mass is 10.1. The van der Waals surface area contributed by atoms with Crippen LogP contribution in [0.1, 0.15) is 17.3 Å². The Morgan fingerprint density at radius 2 is 2.00 bits per heavy atom. The number of amides is 2. The first-order valence-electron chi connectivity index (χ1n) is 8.69. The van der Waals surface area contributed by atoms with E-state index in [0.717, 1.165) is 11.0 Å². The summed E-state index contributed by atoms with van der Waals surface area (Å²) in [6.45, 7) is 3.02. The summed E-state index contributed by atoms with van der Waals surface area (Å²) in [6.07, 6.45) is -0.527. The van der Waals surface area contributed by atoms with Gasteiger partial charge in [0.05, 0.1) is 11.3 Å². The third-order valence-corrected chi connectivity index (χ3v) is 5.01. The van der Waals surface area contributed by atoms with Crippen LogP contribution in [0.2, 0.25) is 0 Å². The van der Waals surface area contributed by atoms with Gasteiger partial charge in [-0.05, 0) is 67.3 Å². The third kappa shape index (κ3) is 4.31. The number of halogens is 1. The summed E-state index contributed by atoms with van der Waals surface area (Å²) in [5.41, 5.74) is 1.82. The molecule has 0 radical (unpaired) electrons. The van der Waals surface area contributed by atoms with Crippen molar-refractivity contribution in [2.75, 3.05) is 37.4 Å². The van der Waals surface area contributed by atoms with Gasteiger partial charge in [-0.25, -0.2) is 0 Å². The Labute approximate surface area is 167 Å². The van der Waals surface area contributed by atoms with Crippen molar-refractivity contribution < 1.29 is 14.3 Å². The Bertz CT molecular complexity index is 869. The lowest BCUT2D eigenvalue weighted by Crippen LogP contribution is -2.46. The van der Waals surface area contributed by atoms with Crippen LogP contribution in [-0.2, 0) is 4.79 Å². The minimum absolute atomic E-state index is 0.0846. The van der Waals surface area contributed by atoms with Crippen molar-refractivity contribution in [2.45, 2.75) is 13.0 Å². The highest BCUT2D eigenvalue weighted by atomic mass is 79.9. The van der Waals surface area contributed by atoms with Crippen LogP contribution >= 0.6 is 15.9 Å². The summed E-state index contributed by atoms with van der Waals surface area (Å²) in [6, 6.07) is 12.6. The quantitative estimate of drug-likeness (QED) is 0.787. The van der Waals surface area contributed by atoms with Crippen molar-refractivity contribution in [3.05, 3.63) is 52.5 Å². The molecule has 0 saturated carbocycles. The highest BCUT2D eigenvalue weighted by molar-refractivity contribution is 9.10. The second-order valence-corrected chi connectivity index (χ2v) is 7.52. The fourth-order valence-corrected chi connectivity index (χ4v) is 3.32. The van der Waals surface area contributed by atoms with Gasteiger partial charge in [0, 0.05) is 23.2 Å². The predicted octanol–water partition coefficient (Wildman–Crippen LogP) is 3.38. The van der Waals surface area contributed by atoms with Gasteiger partial charge < -0.3 is 19.9 Å². The van der Waals surface area contributed by atoms with E-state index in [1.165, 1.54) is 0 Å². The highest BCUT2D eigenvalue weighted by Gasteiger charge is 2.31. The molecular weight excluding hydrogens is 410 g/mol. The van der Waals surface area contributed by atoms with Crippen LogP contribution in [-0.4, -0.2) is 50.0 Å². The van der Waals surface area contributed by atoms with Crippen molar-refractivity contribution in [1.82, 2.24) is 4.90 Å². The number of carbonyl (C=O) groups is 2. The van der Waals surface area contributed by atoms with Crippen LogP contribution in [0, 0.1) is 0 Å². The number of rotatable bonds is 5. The van der Waals surface area contributed by atoms with E-state index in [0.29, 0.717) is 29.2 Å². The molecule has 7 heteroatoms. The summed E-state index contributed by atoms with van der Waals surface area (Å²) in [5.74, 6) is 0.331. The smallest absolute Gasteiger partial charge is 0.267 e. The zero-order valence-electron chi connectivity index (χ0n) is 15.5. The van der Waals surface area contributed by atoms with Crippen molar-refractivity contribution in [3.63, 3.8) is 0 Å². The topological polar surface area (TPSA) is 61.9 Å². The van der Waals surface area contributed by atoms with E-state index in [9.17, 15) is 9.59 Å². The van der Waals surface area contributed by atoms with Crippen LogP contribution in [0.5, 0.6) is 5.75 Å². The number of hydrogen-bond acceptors (Lipinski definition) is 4. The summed E-state index contributed by atoms with van der Waals surface area (Å²) in [5, 5.41) is 2.89. The SMILES string of the molecule is CC1Oc2ccc(NC(=O)c3ccccc3Br)cc2N(CCN(C)C)C1=O. The fourth-order valence-electron chi connectivity index (χ4n) is 2.86. The number of likely N-dealkylation sites (N-methyl/N-ethyl adjacent to an activating group) is 1. The Hall–Kier alpha value is -2.38. The van der Waals surface area contributed by atoms with Gasteiger partial charge in [0.15, 0.2) is 6.10 Å². The molecule has 0 bridgehead atoms. The first-order valence-corrected chi connectivity index (χ1v) is 9.49. The molecule has 142 valence electrons. The summed E-state index contributed by atoms with van der Waals surface area (Å²) in [4.78, 5) is 28.9. The molecule has 3 rings (SSSR count). The van der Waals surface area contributed by atoms with Gasteiger partial charge in [-0.1, -0.05) is 12.1 Å². The van der Waals surface area contributed by atoms with Gasteiger partial charge in [0.25, 0.3) is 11.8 Å². The highest BCUT2D eigenvalue weighted by Crippen LogP contribution is 2.36. The molecule has 2 amide bonds. The third-order valence-electron chi connectivity index (χ3n) is 4.31. The van der Waals surface area contributed by atoms with Crippen molar-refractivity contribution in [2.24, 2.45) is 0 Å². The lowest BCUT2D eigenvalue weighted by Gasteiger charge is -2.34. The van der Waals surface area contributed by atoms with E-state index >= 15 is 0 Å². The van der Waals surface area contributed by atoms with Crippen LogP contribution in [0.3, 0.4) is 0 Å². The molecule has 1 N–H and O–H groups in total. The largest absolute Gasteiger partial charge is 0.479 e. The first-order chi connectivity index (χ1) is 12.9. The molecule has 2 aromatic rings. The number of nitrogens with zero attached hydrogens (tertiary/aromatic N) is 2. The summed E-state index contributed by atoms with van der Waals surface area (Å²) >= 11 is 3.39. The number of ether oxygens (including phenoxy) is 1. The van der Waals surface area contributed by atoms with Crippen molar-refractivity contribution in [1.29, 1.82) is 0 Å². The molecule has 0 fully saturated rings. The van der Waals surface area contributed by atoms with Crippen LogP contribution in [0.25, 0.3) is 0 Å². The number of carbonyl (C=O) groups excluding carboxylic acids is 2. The van der Waals surface area contributed by atoms with Gasteiger partial charge in [0.1, 0.15) is 5.75 Å². The molecule has 1 atom stereocenters. The minimum atomic E-state index is -0.527. The maximum Gasteiger partial charge on any atom is 0.267 e. The van der Waals surface area contributed by atoms with E-state index in [1.807, 2.05) is 37.2 Å². The fraction of sp³-hybridized carbons (Fsp3) is 0.300. The molecule has 1 aliphatic rings. The maximum absolute atomic E-state index is 12.6. The lowest BCUT2D eigenvalue weighted by molar-refractivity contribution is -0.125. The van der Waals surface area contributed by atoms with Gasteiger partial charge in [0.2, 0.25) is 0 Å². The molecule has 0 saturated heterocycles. The molecule has 6 nitrogen and oxygen atoms in total. The summed E-state index contributed by atoms with van der Waals surface area (Å²) < 4.78 is 6.44. The van der Waals surface area contributed by atoms with Crippen LogP contribution in [0.15, 0.2) is 46.9 Å². The normalized spacial score (nSPS) is 16.1. The average molecular weight is 432 g/mol. The zero-order chi connectivity index (χ0) is 19.6. The standard InChI is InChI=1S/C20H22BrN3O3/c1-13-20(26)24(11-10-23(2)3)17-12-14(8-9-18(17)27-13)22-19(25)15-6-4-5-7-16(15)21/h4-9,12-13H,10-11H2,1-3H3,(H,22,25). The van der Waals surface area contributed by atoms with Gasteiger partial charge in [-0.2, -0.15) is 0 Å². The second kappa shape index (κ2) is 8.10. The minimum Gasteiger partial charge on any atom is -0.479 e. The monoisotopic (exact) mass is 431 g/mol. The van der Waals surface area contributed by atoms with Gasteiger partial charge in [-0.3, -0.25) is 9.59 Å². The number of anilines is 2. The number of fused-ring (bicyclic) bond motifs is 1. The van der Waals surface area contributed by atoms with Crippen molar-refractivity contribution >= 4 is 39.1 Å². The van der Waals surface area contributed by atoms with E-state index in [-0.39, 0.29) is 11.8 Å². The number of nitrogens with one attached hydrogen (secondary N) is 1. The van der Waals surface area contributed by atoms with Crippen LogP contribution in [0.4, 0.5) is 11.4 Å². The van der Waals surface area contributed by atoms with Gasteiger partial charge >= 0.3 is 0 Å². The van der Waals surface area contributed by atoms with E-state index in [2.05, 4.69) is 21.2 Å². The Balaban J connectivity index is 1.87. The number of hydrogen-bond donors (Lipinski definition) is 1. The molecule has 1 unspecified atom stereocenters. The van der Waals surface area contributed by atoms with E-state index in [4.69, 9.17) is 4.74 Å². The molecule has 0 aliphatic carbocycles. The molecule has 1 aliphatic heterocycles. The van der Waals surface area contributed by atoms with Crippen LogP contribution < -0.4 is 15.0 Å². The Morgan fingerprint density at radius 1 is 1.26 bits per heavy atom. The van der Waals surface area contributed by atoms with Gasteiger partial charge in [-0.15, -0.1) is 0 Å². The molecular formula is C20H22BrN3O3. The molecule has 2 aromatic carbocycles.